The maximum Gasteiger partial charge on any atom is 0.268 e. The Kier molecular flexibility index (Phi) is 5.16. The Morgan fingerprint density at radius 1 is 1.47 bits per heavy atom. The molecule has 5 heteroatoms. The quantitative estimate of drug-likeness (QED) is 0.573. The summed E-state index contributed by atoms with van der Waals surface area (Å²) in [4.78, 5) is 27.2. The summed E-state index contributed by atoms with van der Waals surface area (Å²) in [7, 11) is 2.91. The number of nitrogens with zero attached hydrogens (tertiary/aromatic N) is 1. The van der Waals surface area contributed by atoms with E-state index in [1.807, 2.05) is 30.3 Å². The first-order valence-electron chi connectivity index (χ1n) is 5.24. The van der Waals surface area contributed by atoms with Gasteiger partial charge in [-0.25, -0.2) is 5.06 Å². The Balaban J connectivity index is 2.72. The summed E-state index contributed by atoms with van der Waals surface area (Å²) in [5.41, 5.74) is 0.977. The van der Waals surface area contributed by atoms with E-state index in [1.54, 1.807) is 0 Å². The second-order valence-electron chi connectivity index (χ2n) is 3.55. The van der Waals surface area contributed by atoms with E-state index in [2.05, 4.69) is 5.32 Å². The van der Waals surface area contributed by atoms with E-state index in [4.69, 9.17) is 4.84 Å². The lowest BCUT2D eigenvalue weighted by Gasteiger charge is -2.21. The van der Waals surface area contributed by atoms with Crippen molar-refractivity contribution in [2.24, 2.45) is 0 Å². The molecule has 0 radical (unpaired) electrons. The molecular weight excluding hydrogens is 220 g/mol. The molecule has 0 heterocycles. The molecular formula is C12H16N2O3. The van der Waals surface area contributed by atoms with E-state index in [1.165, 1.54) is 14.2 Å². The van der Waals surface area contributed by atoms with Gasteiger partial charge >= 0.3 is 0 Å². The highest BCUT2D eigenvalue weighted by Crippen LogP contribution is 2.05. The lowest BCUT2D eigenvalue weighted by Crippen LogP contribution is -2.45. The molecule has 1 atom stereocenters. The lowest BCUT2D eigenvalue weighted by atomic mass is 10.1. The summed E-state index contributed by atoms with van der Waals surface area (Å²) in [5.74, 6) is -0.288. The molecule has 0 fully saturated rings. The number of benzene rings is 1. The molecule has 1 aromatic rings. The maximum atomic E-state index is 11.8. The SMILES string of the molecule is CON(C)C(=O)[C@H](Cc1ccccc1)NC=O. The molecule has 1 N–H and O–H groups in total. The van der Waals surface area contributed by atoms with E-state index in [0.29, 0.717) is 12.8 Å². The van der Waals surface area contributed by atoms with Gasteiger partial charge in [0.15, 0.2) is 0 Å². The fraction of sp³-hybridized carbons (Fsp3) is 0.333. The molecule has 0 spiro atoms. The second-order valence-corrected chi connectivity index (χ2v) is 3.55. The Morgan fingerprint density at radius 3 is 2.65 bits per heavy atom. The van der Waals surface area contributed by atoms with Crippen LogP contribution in [0, 0.1) is 0 Å². The molecule has 0 aliphatic carbocycles. The van der Waals surface area contributed by atoms with Gasteiger partial charge < -0.3 is 5.32 Å². The van der Waals surface area contributed by atoms with Crippen molar-refractivity contribution in [3.63, 3.8) is 0 Å². The zero-order valence-corrected chi connectivity index (χ0v) is 9.92. The van der Waals surface area contributed by atoms with Gasteiger partial charge in [0, 0.05) is 13.5 Å². The van der Waals surface area contributed by atoms with Crippen molar-refractivity contribution in [3.8, 4) is 0 Å². The fourth-order valence-electron chi connectivity index (χ4n) is 1.46. The van der Waals surface area contributed by atoms with Crippen LogP contribution in [0.25, 0.3) is 0 Å². The minimum Gasteiger partial charge on any atom is -0.346 e. The Labute approximate surface area is 100 Å². The van der Waals surface area contributed by atoms with E-state index >= 15 is 0 Å². The average Bonchev–Trinajstić information content (AvgIpc) is 2.37. The third-order valence-electron chi connectivity index (χ3n) is 2.43. The molecule has 0 aliphatic rings. The number of likely N-dealkylation sites (N-methyl/N-ethyl adjacent to an activating group) is 1. The van der Waals surface area contributed by atoms with Crippen LogP contribution in [0.4, 0.5) is 0 Å². The molecule has 17 heavy (non-hydrogen) atoms. The topological polar surface area (TPSA) is 58.6 Å². The molecule has 5 nitrogen and oxygen atoms in total. The maximum absolute atomic E-state index is 11.8. The van der Waals surface area contributed by atoms with Crippen LogP contribution in [0.3, 0.4) is 0 Å². The van der Waals surface area contributed by atoms with Gasteiger partial charge in [-0.15, -0.1) is 0 Å². The van der Waals surface area contributed by atoms with Gasteiger partial charge in [-0.2, -0.15) is 0 Å². The van der Waals surface area contributed by atoms with Crippen LogP contribution in [0.2, 0.25) is 0 Å². The predicted octanol–water partition coefficient (Wildman–Crippen LogP) is 0.363. The number of carbonyl (C=O) groups excluding carboxylic acids is 2. The third kappa shape index (κ3) is 3.88. The van der Waals surface area contributed by atoms with Crippen molar-refractivity contribution < 1.29 is 14.4 Å². The monoisotopic (exact) mass is 236 g/mol. The van der Waals surface area contributed by atoms with Crippen LogP contribution in [0.1, 0.15) is 5.56 Å². The minimum atomic E-state index is -0.611. The molecule has 0 saturated carbocycles. The number of amides is 2. The Hall–Kier alpha value is -1.88. The number of rotatable bonds is 6. The zero-order valence-electron chi connectivity index (χ0n) is 9.92. The van der Waals surface area contributed by atoms with Crippen molar-refractivity contribution in [3.05, 3.63) is 35.9 Å². The van der Waals surface area contributed by atoms with E-state index in [0.717, 1.165) is 10.6 Å². The third-order valence-corrected chi connectivity index (χ3v) is 2.43. The summed E-state index contributed by atoms with van der Waals surface area (Å²) in [6.07, 6.45) is 0.959. The highest BCUT2D eigenvalue weighted by Gasteiger charge is 2.21. The van der Waals surface area contributed by atoms with E-state index < -0.39 is 6.04 Å². The standard InChI is InChI=1S/C12H16N2O3/c1-14(17-2)12(16)11(13-9-15)8-10-6-4-3-5-7-10/h3-7,9,11H,8H2,1-2H3,(H,13,15)/t11-/m0/s1. The Morgan fingerprint density at radius 2 is 2.12 bits per heavy atom. The molecule has 0 aliphatic heterocycles. The molecule has 2 amide bonds. The molecule has 92 valence electrons. The number of hydrogen-bond donors (Lipinski definition) is 1. The number of carbonyl (C=O) groups is 2. The van der Waals surface area contributed by atoms with E-state index in [9.17, 15) is 9.59 Å². The summed E-state index contributed by atoms with van der Waals surface area (Å²) in [5, 5.41) is 3.60. The number of nitrogens with one attached hydrogen (secondary N) is 1. The van der Waals surface area contributed by atoms with Gasteiger partial charge in [-0.3, -0.25) is 14.4 Å². The van der Waals surface area contributed by atoms with Gasteiger partial charge in [0.25, 0.3) is 5.91 Å². The predicted molar refractivity (Wildman–Crippen MR) is 62.9 cm³/mol. The summed E-state index contributed by atoms with van der Waals surface area (Å²) < 4.78 is 0. The number of hydrogen-bond acceptors (Lipinski definition) is 3. The summed E-state index contributed by atoms with van der Waals surface area (Å²) >= 11 is 0. The zero-order chi connectivity index (χ0) is 12.7. The van der Waals surface area contributed by atoms with E-state index in [-0.39, 0.29) is 5.91 Å². The van der Waals surface area contributed by atoms with Gasteiger partial charge in [0.2, 0.25) is 6.41 Å². The van der Waals surface area contributed by atoms with Crippen molar-refractivity contribution in [2.45, 2.75) is 12.5 Å². The van der Waals surface area contributed by atoms with Crippen molar-refractivity contribution in [1.29, 1.82) is 0 Å². The molecule has 0 saturated heterocycles. The minimum absolute atomic E-state index is 0.288. The molecule has 1 aromatic carbocycles. The van der Waals surface area contributed by atoms with Crippen LogP contribution in [-0.2, 0) is 20.8 Å². The second kappa shape index (κ2) is 6.65. The normalized spacial score (nSPS) is 11.6. The Bertz CT molecular complexity index is 367. The highest BCUT2D eigenvalue weighted by molar-refractivity contribution is 5.82. The van der Waals surface area contributed by atoms with Gasteiger partial charge in [0.05, 0.1) is 7.11 Å². The first-order chi connectivity index (χ1) is 8.19. The first kappa shape index (κ1) is 13.2. The fourth-order valence-corrected chi connectivity index (χ4v) is 1.46. The van der Waals surface area contributed by atoms with Crippen LogP contribution in [0.15, 0.2) is 30.3 Å². The molecule has 1 rings (SSSR count). The molecule has 0 unspecified atom stereocenters. The summed E-state index contributed by atoms with van der Waals surface area (Å²) in [6, 6.07) is 8.86. The highest BCUT2D eigenvalue weighted by atomic mass is 16.7. The average molecular weight is 236 g/mol. The van der Waals surface area contributed by atoms with Crippen LogP contribution >= 0.6 is 0 Å². The van der Waals surface area contributed by atoms with Crippen molar-refractivity contribution >= 4 is 12.3 Å². The van der Waals surface area contributed by atoms with Crippen molar-refractivity contribution in [1.82, 2.24) is 10.4 Å². The van der Waals surface area contributed by atoms with Crippen LogP contribution in [0.5, 0.6) is 0 Å². The van der Waals surface area contributed by atoms with Gasteiger partial charge in [-0.05, 0) is 5.56 Å². The smallest absolute Gasteiger partial charge is 0.268 e. The first-order valence-corrected chi connectivity index (χ1v) is 5.24. The van der Waals surface area contributed by atoms with Crippen LogP contribution in [-0.4, -0.2) is 37.6 Å². The lowest BCUT2D eigenvalue weighted by molar-refractivity contribution is -0.171. The number of hydroxylamine groups is 2. The van der Waals surface area contributed by atoms with Crippen molar-refractivity contribution in [2.75, 3.05) is 14.2 Å². The van der Waals surface area contributed by atoms with Crippen LogP contribution < -0.4 is 5.32 Å². The van der Waals surface area contributed by atoms with Gasteiger partial charge in [0.1, 0.15) is 6.04 Å². The molecule has 0 bridgehead atoms. The molecule has 0 aromatic heterocycles. The summed E-state index contributed by atoms with van der Waals surface area (Å²) in [6.45, 7) is 0. The van der Waals surface area contributed by atoms with Gasteiger partial charge in [-0.1, -0.05) is 30.3 Å². The largest absolute Gasteiger partial charge is 0.346 e.